The van der Waals surface area contributed by atoms with Gasteiger partial charge in [0.25, 0.3) is 0 Å². The van der Waals surface area contributed by atoms with Crippen molar-refractivity contribution in [1.82, 2.24) is 4.98 Å². The van der Waals surface area contributed by atoms with E-state index >= 15 is 0 Å². The molecule has 15 heavy (non-hydrogen) atoms. The van der Waals surface area contributed by atoms with Crippen LogP contribution < -0.4 is 5.73 Å². The van der Waals surface area contributed by atoms with E-state index in [4.69, 9.17) is 10.2 Å². The molecule has 0 spiro atoms. The van der Waals surface area contributed by atoms with Gasteiger partial charge in [0.05, 0.1) is 6.20 Å². The van der Waals surface area contributed by atoms with Crippen molar-refractivity contribution in [2.24, 2.45) is 5.73 Å². The van der Waals surface area contributed by atoms with Gasteiger partial charge in [-0.05, 0) is 11.6 Å². The topological polar surface area (TPSA) is 52.0 Å². The van der Waals surface area contributed by atoms with Crippen LogP contribution in [0.25, 0.3) is 11.3 Å². The maximum Gasteiger partial charge on any atom is 0.181 e. The molecular formula is C10H12Cl2N2O. The van der Waals surface area contributed by atoms with E-state index in [-0.39, 0.29) is 24.8 Å². The summed E-state index contributed by atoms with van der Waals surface area (Å²) in [5.74, 6) is 0.773. The van der Waals surface area contributed by atoms with Crippen LogP contribution in [0.2, 0.25) is 0 Å². The fourth-order valence-electron chi connectivity index (χ4n) is 1.21. The molecule has 0 bridgehead atoms. The Kier molecular flexibility index (Phi) is 6.01. The summed E-state index contributed by atoms with van der Waals surface area (Å²) in [7, 11) is 0. The molecule has 1 heterocycles. The minimum Gasteiger partial charge on any atom is -0.444 e. The first-order valence-electron chi connectivity index (χ1n) is 4.08. The number of benzene rings is 1. The molecule has 5 heteroatoms. The van der Waals surface area contributed by atoms with Crippen LogP contribution in [0.1, 0.15) is 5.56 Å². The number of halogens is 2. The number of nitrogens with zero attached hydrogens (tertiary/aromatic N) is 1. The Morgan fingerprint density at radius 2 is 2.07 bits per heavy atom. The molecule has 0 atom stereocenters. The standard InChI is InChI=1S/C10H10N2O.2ClH/c11-5-8-2-1-3-9(4-8)10-6-12-7-13-10;;/h1-4,6-7H,5,11H2;2*1H. The number of rotatable bonds is 2. The molecule has 0 unspecified atom stereocenters. The van der Waals surface area contributed by atoms with E-state index < -0.39 is 0 Å². The van der Waals surface area contributed by atoms with Gasteiger partial charge in [0.15, 0.2) is 12.2 Å². The number of hydrogen-bond donors (Lipinski definition) is 1. The fourth-order valence-corrected chi connectivity index (χ4v) is 1.21. The highest BCUT2D eigenvalue weighted by atomic mass is 35.5. The minimum atomic E-state index is 0. The lowest BCUT2D eigenvalue weighted by Gasteiger charge is -1.98. The van der Waals surface area contributed by atoms with Gasteiger partial charge in [0, 0.05) is 12.1 Å². The van der Waals surface area contributed by atoms with Crippen LogP contribution >= 0.6 is 24.8 Å². The zero-order valence-corrected chi connectivity index (χ0v) is 9.55. The first-order chi connectivity index (χ1) is 6.40. The van der Waals surface area contributed by atoms with Crippen molar-refractivity contribution in [3.05, 3.63) is 42.4 Å². The lowest BCUT2D eigenvalue weighted by Crippen LogP contribution is -1.95. The third kappa shape index (κ3) is 3.23. The van der Waals surface area contributed by atoms with Crippen molar-refractivity contribution in [3.63, 3.8) is 0 Å². The van der Waals surface area contributed by atoms with Gasteiger partial charge < -0.3 is 10.2 Å². The molecule has 0 fully saturated rings. The van der Waals surface area contributed by atoms with Crippen molar-refractivity contribution in [2.75, 3.05) is 0 Å². The third-order valence-electron chi connectivity index (χ3n) is 1.88. The summed E-state index contributed by atoms with van der Waals surface area (Å²) in [6.07, 6.45) is 3.11. The molecule has 82 valence electrons. The van der Waals surface area contributed by atoms with Crippen molar-refractivity contribution < 1.29 is 4.42 Å². The summed E-state index contributed by atoms with van der Waals surface area (Å²) in [4.78, 5) is 3.86. The normalized spacial score (nSPS) is 8.87. The molecule has 1 aromatic heterocycles. The molecule has 0 aliphatic rings. The third-order valence-corrected chi connectivity index (χ3v) is 1.88. The van der Waals surface area contributed by atoms with E-state index in [0.717, 1.165) is 16.9 Å². The predicted octanol–water partition coefficient (Wildman–Crippen LogP) is 2.64. The largest absolute Gasteiger partial charge is 0.444 e. The molecule has 2 N–H and O–H groups in total. The van der Waals surface area contributed by atoms with E-state index in [1.165, 1.54) is 6.39 Å². The van der Waals surface area contributed by atoms with Crippen LogP contribution in [0.3, 0.4) is 0 Å². The Labute approximate surface area is 101 Å². The average molecular weight is 247 g/mol. The fraction of sp³-hybridized carbons (Fsp3) is 0.100. The summed E-state index contributed by atoms with van der Waals surface area (Å²) in [6, 6.07) is 7.92. The Morgan fingerprint density at radius 3 is 2.67 bits per heavy atom. The maximum absolute atomic E-state index is 5.53. The SMILES string of the molecule is Cl.Cl.NCc1cccc(-c2cnco2)c1. The van der Waals surface area contributed by atoms with Crippen molar-refractivity contribution >= 4 is 24.8 Å². The van der Waals surface area contributed by atoms with Gasteiger partial charge in [-0.1, -0.05) is 18.2 Å². The Hall–Kier alpha value is -1.03. The number of hydrogen-bond acceptors (Lipinski definition) is 3. The second kappa shape index (κ2) is 6.45. The van der Waals surface area contributed by atoms with Crippen LogP contribution in [0.4, 0.5) is 0 Å². The van der Waals surface area contributed by atoms with Crippen LogP contribution in [-0.2, 0) is 6.54 Å². The second-order valence-corrected chi connectivity index (χ2v) is 2.77. The smallest absolute Gasteiger partial charge is 0.181 e. The van der Waals surface area contributed by atoms with E-state index in [1.54, 1.807) is 6.20 Å². The summed E-state index contributed by atoms with van der Waals surface area (Å²) in [5.41, 5.74) is 7.63. The van der Waals surface area contributed by atoms with E-state index in [2.05, 4.69) is 4.98 Å². The highest BCUT2D eigenvalue weighted by molar-refractivity contribution is 5.85. The highest BCUT2D eigenvalue weighted by Gasteiger charge is 2.00. The van der Waals surface area contributed by atoms with E-state index in [0.29, 0.717) is 6.54 Å². The number of oxazole rings is 1. The van der Waals surface area contributed by atoms with Gasteiger partial charge in [0.1, 0.15) is 0 Å². The van der Waals surface area contributed by atoms with Crippen molar-refractivity contribution in [1.29, 1.82) is 0 Å². The molecule has 0 aliphatic heterocycles. The molecule has 1 aromatic carbocycles. The van der Waals surface area contributed by atoms with Gasteiger partial charge in [0.2, 0.25) is 0 Å². The van der Waals surface area contributed by atoms with Crippen LogP contribution in [-0.4, -0.2) is 4.98 Å². The van der Waals surface area contributed by atoms with Gasteiger partial charge in [-0.25, -0.2) is 4.98 Å². The molecule has 0 amide bonds. The Balaban J connectivity index is 0.000000980. The zero-order valence-electron chi connectivity index (χ0n) is 7.92. The first kappa shape index (κ1) is 14.0. The van der Waals surface area contributed by atoms with Crippen molar-refractivity contribution in [2.45, 2.75) is 6.54 Å². The quantitative estimate of drug-likeness (QED) is 0.887. The lowest BCUT2D eigenvalue weighted by molar-refractivity contribution is 0.572. The molecule has 0 saturated heterocycles. The van der Waals surface area contributed by atoms with E-state index in [9.17, 15) is 0 Å². The summed E-state index contributed by atoms with van der Waals surface area (Å²) < 4.78 is 5.17. The van der Waals surface area contributed by atoms with Crippen LogP contribution in [0.15, 0.2) is 41.3 Å². The Morgan fingerprint density at radius 1 is 1.27 bits per heavy atom. The highest BCUT2D eigenvalue weighted by Crippen LogP contribution is 2.19. The zero-order chi connectivity index (χ0) is 9.10. The lowest BCUT2D eigenvalue weighted by atomic mass is 10.1. The molecular weight excluding hydrogens is 235 g/mol. The van der Waals surface area contributed by atoms with E-state index in [1.807, 2.05) is 24.3 Å². The van der Waals surface area contributed by atoms with Gasteiger partial charge in [-0.2, -0.15) is 0 Å². The van der Waals surface area contributed by atoms with Gasteiger partial charge in [-0.15, -0.1) is 24.8 Å². The maximum atomic E-state index is 5.53. The molecule has 2 aromatic rings. The van der Waals surface area contributed by atoms with Crippen molar-refractivity contribution in [3.8, 4) is 11.3 Å². The summed E-state index contributed by atoms with van der Waals surface area (Å²) >= 11 is 0. The number of aromatic nitrogens is 1. The summed E-state index contributed by atoms with van der Waals surface area (Å²) in [6.45, 7) is 0.544. The predicted molar refractivity (Wildman–Crippen MR) is 64.3 cm³/mol. The Bertz CT molecular complexity index is 390. The monoisotopic (exact) mass is 246 g/mol. The molecule has 0 aliphatic carbocycles. The first-order valence-corrected chi connectivity index (χ1v) is 4.08. The minimum absolute atomic E-state index is 0. The molecule has 3 nitrogen and oxygen atoms in total. The average Bonchev–Trinajstić information content (AvgIpc) is 2.71. The van der Waals surface area contributed by atoms with Crippen LogP contribution in [0.5, 0.6) is 0 Å². The van der Waals surface area contributed by atoms with Crippen LogP contribution in [0, 0.1) is 0 Å². The second-order valence-electron chi connectivity index (χ2n) is 2.77. The summed E-state index contributed by atoms with van der Waals surface area (Å²) in [5, 5.41) is 0. The van der Waals surface area contributed by atoms with Gasteiger partial charge >= 0.3 is 0 Å². The molecule has 0 saturated carbocycles. The van der Waals surface area contributed by atoms with Gasteiger partial charge in [-0.3, -0.25) is 0 Å². The molecule has 0 radical (unpaired) electrons. The number of nitrogens with two attached hydrogens (primary N) is 1. The molecule has 2 rings (SSSR count).